The van der Waals surface area contributed by atoms with Gasteiger partial charge in [0.25, 0.3) is 6.43 Å². The Bertz CT molecular complexity index is 280. The van der Waals surface area contributed by atoms with E-state index in [1.54, 1.807) is 6.07 Å². The maximum Gasteiger partial charge on any atom is 0.281 e. The van der Waals surface area contributed by atoms with Crippen molar-refractivity contribution in [1.29, 1.82) is 0 Å². The van der Waals surface area contributed by atoms with E-state index in [-0.39, 0.29) is 11.6 Å². The molecule has 0 aliphatic rings. The smallest absolute Gasteiger partial charge is 0.249 e. The summed E-state index contributed by atoms with van der Waals surface area (Å²) in [5.41, 5.74) is 0.198. The Morgan fingerprint density at radius 2 is 2.17 bits per heavy atom. The van der Waals surface area contributed by atoms with Gasteiger partial charge in [-0.1, -0.05) is 0 Å². The van der Waals surface area contributed by atoms with Gasteiger partial charge < -0.3 is 0 Å². The number of hydrogen-bond donors (Lipinski definition) is 0. The molecule has 0 fully saturated rings. The highest BCUT2D eigenvalue weighted by Gasteiger charge is 2.13. The van der Waals surface area contributed by atoms with Crippen LogP contribution in [0, 0.1) is 0 Å². The van der Waals surface area contributed by atoms with E-state index in [1.165, 1.54) is 6.07 Å². The molecule has 0 aliphatic heterocycles. The van der Waals surface area contributed by atoms with Gasteiger partial charge in [-0.05, 0) is 28.1 Å². The summed E-state index contributed by atoms with van der Waals surface area (Å²) in [6.45, 7) is 0. The van der Waals surface area contributed by atoms with E-state index in [0.29, 0.717) is 10.2 Å². The van der Waals surface area contributed by atoms with Gasteiger partial charge in [0, 0.05) is 4.47 Å². The van der Waals surface area contributed by atoms with E-state index in [0.717, 1.165) is 0 Å². The fourth-order valence-electron chi connectivity index (χ4n) is 0.728. The minimum Gasteiger partial charge on any atom is -0.249 e. The second-order valence-electron chi connectivity index (χ2n) is 2.10. The molecule has 1 rings (SSSR count). The lowest BCUT2D eigenvalue weighted by atomic mass is 10.3. The summed E-state index contributed by atoms with van der Waals surface area (Å²) in [4.78, 5) is 3.66. The zero-order valence-electron chi connectivity index (χ0n) is 5.90. The lowest BCUT2D eigenvalue weighted by molar-refractivity contribution is 0.145. The second kappa shape index (κ2) is 4.14. The lowest BCUT2D eigenvalue weighted by Crippen LogP contribution is -1.95. The zero-order chi connectivity index (χ0) is 9.14. The van der Waals surface area contributed by atoms with Crippen LogP contribution in [0.15, 0.2) is 16.6 Å². The minimum atomic E-state index is -2.57. The Morgan fingerprint density at radius 3 is 2.67 bits per heavy atom. The minimum absolute atomic E-state index is 0.146. The molecule has 0 saturated carbocycles. The average Bonchev–Trinajstić information content (AvgIpc) is 2.05. The summed E-state index contributed by atoms with van der Waals surface area (Å²) in [5, 5.41) is 0. The van der Waals surface area contributed by atoms with Crippen LogP contribution in [0.5, 0.6) is 0 Å². The van der Waals surface area contributed by atoms with Gasteiger partial charge in [0.2, 0.25) is 0 Å². The Morgan fingerprint density at radius 1 is 1.50 bits per heavy atom. The van der Waals surface area contributed by atoms with Gasteiger partial charge in [-0.15, -0.1) is 11.6 Å². The maximum absolute atomic E-state index is 12.2. The van der Waals surface area contributed by atoms with Crippen LogP contribution in [0.4, 0.5) is 8.78 Å². The molecule has 0 spiro atoms. The van der Waals surface area contributed by atoms with E-state index < -0.39 is 6.43 Å². The summed E-state index contributed by atoms with van der Waals surface area (Å²) in [7, 11) is 0. The Hall–Kier alpha value is -0.220. The molecule has 0 aromatic carbocycles. The molecular formula is C7H5BrClF2N. The first-order chi connectivity index (χ1) is 5.65. The third-order valence-corrected chi connectivity index (χ3v) is 2.22. The van der Waals surface area contributed by atoms with E-state index in [2.05, 4.69) is 20.9 Å². The van der Waals surface area contributed by atoms with Crippen LogP contribution in [-0.2, 0) is 5.88 Å². The van der Waals surface area contributed by atoms with E-state index in [9.17, 15) is 8.78 Å². The van der Waals surface area contributed by atoms with Gasteiger partial charge >= 0.3 is 0 Å². The first kappa shape index (κ1) is 9.86. The molecule has 1 aromatic rings. The molecule has 5 heteroatoms. The van der Waals surface area contributed by atoms with Crippen LogP contribution in [0.25, 0.3) is 0 Å². The number of hydrogen-bond acceptors (Lipinski definition) is 1. The summed E-state index contributed by atoms with van der Waals surface area (Å²) in [5.74, 6) is 0.146. The fourth-order valence-corrected chi connectivity index (χ4v) is 1.27. The summed E-state index contributed by atoms with van der Waals surface area (Å²) in [6.07, 6.45) is -2.57. The SMILES string of the molecule is FC(F)c1nc(CCl)ccc1Br. The van der Waals surface area contributed by atoms with Crippen LogP contribution in [-0.4, -0.2) is 4.98 Å². The highest BCUT2D eigenvalue weighted by atomic mass is 79.9. The molecule has 0 unspecified atom stereocenters. The van der Waals surface area contributed by atoms with Crippen molar-refractivity contribution < 1.29 is 8.78 Å². The molecule has 0 amide bonds. The van der Waals surface area contributed by atoms with Crippen LogP contribution in [0.1, 0.15) is 17.8 Å². The second-order valence-corrected chi connectivity index (χ2v) is 3.23. The van der Waals surface area contributed by atoms with E-state index in [1.807, 2.05) is 0 Å². The van der Waals surface area contributed by atoms with Crippen LogP contribution in [0.2, 0.25) is 0 Å². The van der Waals surface area contributed by atoms with Crippen molar-refractivity contribution in [2.45, 2.75) is 12.3 Å². The molecular weight excluding hydrogens is 251 g/mol. The summed E-state index contributed by atoms with van der Waals surface area (Å²) < 4.78 is 24.7. The Labute approximate surface area is 81.9 Å². The number of aromatic nitrogens is 1. The largest absolute Gasteiger partial charge is 0.281 e. The van der Waals surface area contributed by atoms with Gasteiger partial charge in [-0.2, -0.15) is 0 Å². The predicted molar refractivity (Wildman–Crippen MR) is 46.5 cm³/mol. The summed E-state index contributed by atoms with van der Waals surface area (Å²) >= 11 is 8.41. The number of rotatable bonds is 2. The fraction of sp³-hybridized carbons (Fsp3) is 0.286. The van der Waals surface area contributed by atoms with E-state index >= 15 is 0 Å². The van der Waals surface area contributed by atoms with Gasteiger partial charge in [-0.3, -0.25) is 0 Å². The first-order valence-corrected chi connectivity index (χ1v) is 4.47. The Balaban J connectivity index is 3.08. The van der Waals surface area contributed by atoms with Crippen molar-refractivity contribution in [3.63, 3.8) is 0 Å². The van der Waals surface area contributed by atoms with Crippen LogP contribution in [0.3, 0.4) is 0 Å². The molecule has 0 saturated heterocycles. The number of pyridine rings is 1. The third-order valence-electron chi connectivity index (χ3n) is 1.27. The maximum atomic E-state index is 12.2. The molecule has 1 heterocycles. The highest BCUT2D eigenvalue weighted by molar-refractivity contribution is 9.10. The molecule has 0 aliphatic carbocycles. The van der Waals surface area contributed by atoms with Crippen molar-refractivity contribution in [2.75, 3.05) is 0 Å². The number of halogens is 4. The van der Waals surface area contributed by atoms with Gasteiger partial charge in [-0.25, -0.2) is 13.8 Å². The topological polar surface area (TPSA) is 12.9 Å². The van der Waals surface area contributed by atoms with Gasteiger partial charge in [0.15, 0.2) is 0 Å². The molecule has 0 radical (unpaired) electrons. The van der Waals surface area contributed by atoms with Crippen molar-refractivity contribution >= 4 is 27.5 Å². The third kappa shape index (κ3) is 2.14. The molecule has 1 aromatic heterocycles. The predicted octanol–water partition coefficient (Wildman–Crippen LogP) is 3.52. The standard InChI is InChI=1S/C7H5BrClF2N/c8-5-2-1-4(3-9)12-6(5)7(10)11/h1-2,7H,3H2. The van der Waals surface area contributed by atoms with Gasteiger partial charge in [0.05, 0.1) is 11.6 Å². The quantitative estimate of drug-likeness (QED) is 0.738. The first-order valence-electron chi connectivity index (χ1n) is 3.14. The molecule has 66 valence electrons. The number of alkyl halides is 3. The van der Waals surface area contributed by atoms with Crippen molar-refractivity contribution in [1.82, 2.24) is 4.98 Å². The number of nitrogens with zero attached hydrogens (tertiary/aromatic N) is 1. The lowest BCUT2D eigenvalue weighted by Gasteiger charge is -2.03. The van der Waals surface area contributed by atoms with Crippen molar-refractivity contribution in [3.05, 3.63) is 28.0 Å². The van der Waals surface area contributed by atoms with Crippen molar-refractivity contribution in [3.8, 4) is 0 Å². The molecule has 1 nitrogen and oxygen atoms in total. The molecule has 0 N–H and O–H groups in total. The van der Waals surface area contributed by atoms with Crippen LogP contribution >= 0.6 is 27.5 Å². The highest BCUT2D eigenvalue weighted by Crippen LogP contribution is 2.25. The summed E-state index contributed by atoms with van der Waals surface area (Å²) in [6, 6.07) is 3.12. The van der Waals surface area contributed by atoms with Gasteiger partial charge in [0.1, 0.15) is 5.69 Å². The molecule has 0 atom stereocenters. The monoisotopic (exact) mass is 255 g/mol. The molecule has 0 bridgehead atoms. The normalized spacial score (nSPS) is 10.8. The van der Waals surface area contributed by atoms with Crippen LogP contribution < -0.4 is 0 Å². The van der Waals surface area contributed by atoms with E-state index in [4.69, 9.17) is 11.6 Å². The van der Waals surface area contributed by atoms with Crippen molar-refractivity contribution in [2.24, 2.45) is 0 Å². The molecule has 12 heavy (non-hydrogen) atoms. The zero-order valence-corrected chi connectivity index (χ0v) is 8.24. The Kier molecular flexibility index (Phi) is 3.40. The average molecular weight is 256 g/mol.